The van der Waals surface area contributed by atoms with Gasteiger partial charge in [0.2, 0.25) is 5.82 Å². The number of hydrogen-bond donors (Lipinski definition) is 1. The van der Waals surface area contributed by atoms with E-state index in [0.29, 0.717) is 12.1 Å². The van der Waals surface area contributed by atoms with E-state index in [9.17, 15) is 20.0 Å². The van der Waals surface area contributed by atoms with Crippen molar-refractivity contribution in [3.8, 4) is 0 Å². The number of carboxylic acid groups (broad SMARTS) is 1. The second kappa shape index (κ2) is 4.87. The van der Waals surface area contributed by atoms with Crippen LogP contribution in [0.25, 0.3) is 0 Å². The Balaban J connectivity index is 3.46. The van der Waals surface area contributed by atoms with Crippen molar-refractivity contribution in [2.24, 2.45) is 7.05 Å². The zero-order chi connectivity index (χ0) is 15.0. The lowest BCUT2D eigenvalue weighted by molar-refractivity contribution is -0.384. The molecule has 0 atom stereocenters. The molecule has 0 aliphatic carbocycles. The molecule has 0 saturated heterocycles. The Kier molecular flexibility index (Phi) is 3.83. The van der Waals surface area contributed by atoms with Crippen molar-refractivity contribution in [2.75, 3.05) is 11.9 Å². The highest BCUT2D eigenvalue weighted by Crippen LogP contribution is 2.34. The molecule has 0 aliphatic rings. The molecule has 106 valence electrons. The maximum atomic E-state index is 11.3. The zero-order valence-corrected chi connectivity index (χ0v) is 11.7. The summed E-state index contributed by atoms with van der Waals surface area (Å²) in [6, 6.07) is 0. The molecule has 0 bridgehead atoms. The molecular formula is C11H18N4O4. The molecular weight excluding hydrogens is 252 g/mol. The fraction of sp³-hybridized carbons (Fsp3) is 0.636. The number of aryl methyl sites for hydroxylation is 2. The van der Waals surface area contributed by atoms with Crippen LogP contribution in [-0.4, -0.2) is 38.4 Å². The molecule has 0 fully saturated rings. The second-order valence-corrected chi connectivity index (χ2v) is 4.78. The molecule has 0 aromatic carbocycles. The molecule has 1 N–H and O–H groups in total. The van der Waals surface area contributed by atoms with E-state index in [1.807, 2.05) is 0 Å². The van der Waals surface area contributed by atoms with Gasteiger partial charge in [0.05, 0.1) is 4.92 Å². The highest BCUT2D eigenvalue weighted by Gasteiger charge is 2.39. The van der Waals surface area contributed by atoms with Crippen molar-refractivity contribution in [2.45, 2.75) is 32.7 Å². The Labute approximate surface area is 110 Å². The number of anilines is 1. The first-order valence-corrected chi connectivity index (χ1v) is 5.82. The third-order valence-electron chi connectivity index (χ3n) is 3.26. The van der Waals surface area contributed by atoms with Crippen molar-refractivity contribution in [1.29, 1.82) is 0 Å². The number of nitro groups is 1. The summed E-state index contributed by atoms with van der Waals surface area (Å²) in [6.07, 6.45) is 0.408. The molecule has 1 aromatic heterocycles. The molecule has 19 heavy (non-hydrogen) atoms. The van der Waals surface area contributed by atoms with Crippen molar-refractivity contribution < 1.29 is 14.8 Å². The quantitative estimate of drug-likeness (QED) is 0.637. The van der Waals surface area contributed by atoms with Gasteiger partial charge in [0.15, 0.2) is 0 Å². The van der Waals surface area contributed by atoms with Crippen LogP contribution in [-0.2, 0) is 18.3 Å². The first-order chi connectivity index (χ1) is 8.64. The summed E-state index contributed by atoms with van der Waals surface area (Å²) in [6.45, 7) is 4.73. The maximum Gasteiger partial charge on any atom is 0.334 e. The molecule has 0 spiro atoms. The Morgan fingerprint density at radius 3 is 2.47 bits per heavy atom. The minimum absolute atomic E-state index is 0.137. The van der Waals surface area contributed by atoms with Crippen molar-refractivity contribution in [3.63, 3.8) is 0 Å². The van der Waals surface area contributed by atoms with Gasteiger partial charge >= 0.3 is 11.7 Å². The summed E-state index contributed by atoms with van der Waals surface area (Å²) in [5, 5.41) is 24.5. The first-order valence-electron chi connectivity index (χ1n) is 5.82. The third kappa shape index (κ3) is 2.38. The maximum absolute atomic E-state index is 11.3. The number of carboxylic acids is 1. The summed E-state index contributed by atoms with van der Waals surface area (Å²) >= 11 is 0. The average molecular weight is 270 g/mol. The van der Waals surface area contributed by atoms with Crippen molar-refractivity contribution >= 4 is 17.5 Å². The van der Waals surface area contributed by atoms with Crippen LogP contribution in [0.1, 0.15) is 26.5 Å². The summed E-state index contributed by atoms with van der Waals surface area (Å²) in [7, 11) is 3.08. The molecule has 8 nitrogen and oxygen atoms in total. The lowest BCUT2D eigenvalue weighted by Crippen LogP contribution is -2.49. The van der Waals surface area contributed by atoms with Crippen molar-refractivity contribution in [1.82, 2.24) is 9.78 Å². The van der Waals surface area contributed by atoms with Crippen LogP contribution in [0, 0.1) is 10.1 Å². The lowest BCUT2D eigenvalue weighted by Gasteiger charge is -2.32. The molecule has 1 heterocycles. The van der Waals surface area contributed by atoms with E-state index < -0.39 is 16.4 Å². The molecule has 0 radical (unpaired) electrons. The molecule has 1 aromatic rings. The minimum Gasteiger partial charge on any atom is -0.480 e. The molecule has 0 amide bonds. The molecule has 0 saturated carbocycles. The number of aromatic nitrogens is 2. The van der Waals surface area contributed by atoms with Gasteiger partial charge in [-0.15, -0.1) is 0 Å². The fourth-order valence-electron chi connectivity index (χ4n) is 1.77. The van der Waals surface area contributed by atoms with E-state index in [2.05, 4.69) is 5.10 Å². The Morgan fingerprint density at radius 2 is 2.11 bits per heavy atom. The van der Waals surface area contributed by atoms with Crippen LogP contribution in [0.3, 0.4) is 0 Å². The topological polar surface area (TPSA) is 102 Å². The van der Waals surface area contributed by atoms with E-state index in [0.717, 1.165) is 0 Å². The van der Waals surface area contributed by atoms with E-state index in [1.165, 1.54) is 30.5 Å². The monoisotopic (exact) mass is 270 g/mol. The number of rotatable bonds is 5. The second-order valence-electron chi connectivity index (χ2n) is 4.78. The van der Waals surface area contributed by atoms with Gasteiger partial charge in [-0.05, 0) is 20.3 Å². The smallest absolute Gasteiger partial charge is 0.334 e. The van der Waals surface area contributed by atoms with Gasteiger partial charge in [-0.2, -0.15) is 5.10 Å². The van der Waals surface area contributed by atoms with E-state index in [4.69, 9.17) is 0 Å². The van der Waals surface area contributed by atoms with Crippen LogP contribution in [0.15, 0.2) is 0 Å². The van der Waals surface area contributed by atoms with Gasteiger partial charge in [0.1, 0.15) is 11.2 Å². The van der Waals surface area contributed by atoms with E-state index in [-0.39, 0.29) is 11.5 Å². The summed E-state index contributed by atoms with van der Waals surface area (Å²) in [5.74, 6) is -0.877. The molecule has 0 unspecified atom stereocenters. The first kappa shape index (κ1) is 14.9. The van der Waals surface area contributed by atoms with E-state index in [1.54, 1.807) is 14.0 Å². The van der Waals surface area contributed by atoms with Gasteiger partial charge in [-0.25, -0.2) is 9.48 Å². The number of carbonyl (C=O) groups is 1. The third-order valence-corrected chi connectivity index (χ3v) is 3.26. The van der Waals surface area contributed by atoms with Gasteiger partial charge < -0.3 is 10.0 Å². The largest absolute Gasteiger partial charge is 0.480 e. The van der Waals surface area contributed by atoms with Crippen molar-refractivity contribution in [3.05, 3.63) is 15.8 Å². The minimum atomic E-state index is -1.27. The predicted molar refractivity (Wildman–Crippen MR) is 69.4 cm³/mol. The van der Waals surface area contributed by atoms with Crippen LogP contribution < -0.4 is 4.90 Å². The Hall–Kier alpha value is -2.12. The number of aliphatic carboxylic acids is 1. The van der Waals surface area contributed by atoms with Gasteiger partial charge in [0, 0.05) is 14.1 Å². The number of likely N-dealkylation sites (N-methyl/N-ethyl adjacent to an activating group) is 1. The van der Waals surface area contributed by atoms with Crippen LogP contribution in [0.4, 0.5) is 11.5 Å². The highest BCUT2D eigenvalue weighted by atomic mass is 16.6. The standard InChI is InChI=1S/C11H18N4O4/c1-6-7-8(15(18)19)9(14(5)12-7)13(4)11(2,3)10(16)17/h6H2,1-5H3,(H,16,17). The van der Waals surface area contributed by atoms with Crippen LogP contribution in [0.5, 0.6) is 0 Å². The summed E-state index contributed by atoms with van der Waals surface area (Å²) in [5.41, 5.74) is -1.07. The SMILES string of the molecule is CCc1nn(C)c(N(C)C(C)(C)C(=O)O)c1[N+](=O)[O-]. The summed E-state index contributed by atoms with van der Waals surface area (Å²) < 4.78 is 1.35. The molecule has 8 heteroatoms. The summed E-state index contributed by atoms with van der Waals surface area (Å²) in [4.78, 5) is 23.3. The van der Waals surface area contributed by atoms with E-state index >= 15 is 0 Å². The predicted octanol–water partition coefficient (Wildman–Crippen LogP) is 1.19. The highest BCUT2D eigenvalue weighted by molar-refractivity contribution is 5.83. The number of hydrogen-bond acceptors (Lipinski definition) is 5. The molecule has 1 rings (SSSR count). The Morgan fingerprint density at radius 1 is 1.58 bits per heavy atom. The van der Waals surface area contributed by atoms with Gasteiger partial charge in [0.25, 0.3) is 0 Å². The average Bonchev–Trinajstić information content (AvgIpc) is 2.64. The normalized spacial score (nSPS) is 11.4. The lowest BCUT2D eigenvalue weighted by atomic mass is 10.0. The van der Waals surface area contributed by atoms with Crippen LogP contribution >= 0.6 is 0 Å². The van der Waals surface area contributed by atoms with Crippen LogP contribution in [0.2, 0.25) is 0 Å². The Bertz CT molecular complexity index is 521. The van der Waals surface area contributed by atoms with Gasteiger partial charge in [-0.3, -0.25) is 10.1 Å². The fourth-order valence-corrected chi connectivity index (χ4v) is 1.77. The number of nitrogens with zero attached hydrogens (tertiary/aromatic N) is 4. The molecule has 0 aliphatic heterocycles. The van der Waals surface area contributed by atoms with Gasteiger partial charge in [-0.1, -0.05) is 6.92 Å². The zero-order valence-electron chi connectivity index (χ0n) is 11.7.